The van der Waals surface area contributed by atoms with Crippen LogP contribution in [0.5, 0.6) is 5.88 Å². The van der Waals surface area contributed by atoms with E-state index >= 15 is 0 Å². The lowest BCUT2D eigenvalue weighted by Gasteiger charge is -2.11. The van der Waals surface area contributed by atoms with Crippen LogP contribution in [0.2, 0.25) is 0 Å². The molecule has 1 aromatic heterocycles. The van der Waals surface area contributed by atoms with Crippen molar-refractivity contribution in [3.63, 3.8) is 0 Å². The summed E-state index contributed by atoms with van der Waals surface area (Å²) in [7, 11) is 0. The second kappa shape index (κ2) is 5.72. The number of rotatable bonds is 3. The summed E-state index contributed by atoms with van der Waals surface area (Å²) in [6.07, 6.45) is -4.85. The van der Waals surface area contributed by atoms with Gasteiger partial charge >= 0.3 is 12.3 Å². The van der Waals surface area contributed by atoms with Crippen molar-refractivity contribution in [2.45, 2.75) is 20.2 Å². The number of alkyl halides is 3. The third-order valence-electron chi connectivity index (χ3n) is 1.91. The summed E-state index contributed by atoms with van der Waals surface area (Å²) in [5.74, 6) is -1.39. The number of aromatic nitrogens is 1. The Bertz CT molecular complexity index is 462. The maximum absolute atomic E-state index is 12.1. The van der Waals surface area contributed by atoms with Crippen LogP contribution in [0.15, 0.2) is 6.07 Å². The fraction of sp³-hybridized carbons (Fsp3) is 0.400. The highest BCUT2D eigenvalue weighted by Crippen LogP contribution is 2.25. The number of carbonyl (C=O) groups excluding carboxylic acids is 1. The Balaban J connectivity index is 3.14. The van der Waals surface area contributed by atoms with E-state index in [9.17, 15) is 18.0 Å². The van der Waals surface area contributed by atoms with Gasteiger partial charge in [-0.15, -0.1) is 13.2 Å². The molecule has 18 heavy (non-hydrogen) atoms. The Morgan fingerprint density at radius 3 is 2.61 bits per heavy atom. The van der Waals surface area contributed by atoms with Gasteiger partial charge < -0.3 is 9.47 Å². The van der Waals surface area contributed by atoms with Gasteiger partial charge in [0.05, 0.1) is 12.2 Å². The molecule has 1 aromatic rings. The molecule has 0 bridgehead atoms. The molecule has 0 aliphatic rings. The number of hydrogen-bond donors (Lipinski definition) is 0. The van der Waals surface area contributed by atoms with Gasteiger partial charge in [0.15, 0.2) is 0 Å². The fourth-order valence-corrected chi connectivity index (χ4v) is 1.68. The third kappa shape index (κ3) is 4.00. The zero-order chi connectivity index (χ0) is 13.9. The molecule has 0 saturated carbocycles. The first-order valence-electron chi connectivity index (χ1n) is 4.84. The van der Waals surface area contributed by atoms with Crippen molar-refractivity contribution in [1.29, 1.82) is 0 Å². The molecule has 0 saturated heterocycles. The predicted octanol–water partition coefficient (Wildman–Crippen LogP) is 3.07. The monoisotopic (exact) mass is 375 g/mol. The van der Waals surface area contributed by atoms with Gasteiger partial charge in [-0.1, -0.05) is 0 Å². The van der Waals surface area contributed by atoms with Crippen molar-refractivity contribution in [1.82, 2.24) is 4.98 Å². The molecule has 8 heteroatoms. The molecule has 100 valence electrons. The van der Waals surface area contributed by atoms with Gasteiger partial charge in [0, 0.05) is 6.07 Å². The van der Waals surface area contributed by atoms with Crippen molar-refractivity contribution < 1.29 is 27.4 Å². The molecule has 0 amide bonds. The maximum Gasteiger partial charge on any atom is 0.574 e. The largest absolute Gasteiger partial charge is 0.574 e. The van der Waals surface area contributed by atoms with Gasteiger partial charge in [-0.25, -0.2) is 9.78 Å². The molecule has 0 radical (unpaired) electrons. The van der Waals surface area contributed by atoms with E-state index < -0.39 is 18.2 Å². The average molecular weight is 375 g/mol. The summed E-state index contributed by atoms with van der Waals surface area (Å²) >= 11 is 1.72. The van der Waals surface area contributed by atoms with E-state index in [1.54, 1.807) is 36.4 Å². The van der Waals surface area contributed by atoms with Crippen LogP contribution in [0.25, 0.3) is 0 Å². The summed E-state index contributed by atoms with van der Waals surface area (Å²) in [6.45, 7) is 3.30. The highest BCUT2D eigenvalue weighted by atomic mass is 127. The number of nitrogens with zero attached hydrogens (tertiary/aromatic N) is 1. The number of carbonyl (C=O) groups is 1. The van der Waals surface area contributed by atoms with E-state index in [0.717, 1.165) is 6.07 Å². The summed E-state index contributed by atoms with van der Waals surface area (Å²) in [5, 5.41) is 0. The zero-order valence-electron chi connectivity index (χ0n) is 9.47. The first-order chi connectivity index (χ1) is 8.24. The molecule has 4 nitrogen and oxygen atoms in total. The summed E-state index contributed by atoms with van der Waals surface area (Å²) in [6, 6.07) is 0.920. The Morgan fingerprint density at radius 2 is 2.11 bits per heavy atom. The van der Waals surface area contributed by atoms with Gasteiger partial charge in [-0.2, -0.15) is 0 Å². The first-order valence-corrected chi connectivity index (χ1v) is 5.92. The lowest BCUT2D eigenvalue weighted by atomic mass is 10.1. The van der Waals surface area contributed by atoms with E-state index in [0.29, 0.717) is 5.56 Å². The van der Waals surface area contributed by atoms with Crippen molar-refractivity contribution in [3.05, 3.63) is 20.9 Å². The number of hydrogen-bond acceptors (Lipinski definition) is 4. The van der Waals surface area contributed by atoms with Gasteiger partial charge in [0.25, 0.3) is 0 Å². The zero-order valence-corrected chi connectivity index (χ0v) is 11.6. The highest BCUT2D eigenvalue weighted by Gasteiger charge is 2.32. The van der Waals surface area contributed by atoms with Gasteiger partial charge in [-0.05, 0) is 42.0 Å². The summed E-state index contributed by atoms with van der Waals surface area (Å²) in [5.41, 5.74) is 0.457. The van der Waals surface area contributed by atoms with Crippen LogP contribution in [0.1, 0.15) is 22.8 Å². The maximum atomic E-state index is 12.1. The first kappa shape index (κ1) is 15.0. The minimum Gasteiger partial charge on any atom is -0.462 e. The second-order valence-electron chi connectivity index (χ2n) is 3.19. The molecule has 0 spiro atoms. The van der Waals surface area contributed by atoms with Gasteiger partial charge in [0.2, 0.25) is 5.88 Å². The van der Waals surface area contributed by atoms with E-state index in [1.165, 1.54) is 0 Å². The van der Waals surface area contributed by atoms with Gasteiger partial charge in [-0.3, -0.25) is 0 Å². The van der Waals surface area contributed by atoms with E-state index in [4.69, 9.17) is 4.74 Å². The third-order valence-corrected chi connectivity index (χ3v) is 2.96. The normalized spacial score (nSPS) is 11.2. The number of halogens is 4. The lowest BCUT2D eigenvalue weighted by Crippen LogP contribution is -2.19. The lowest BCUT2D eigenvalue weighted by molar-refractivity contribution is -0.276. The fourth-order valence-electron chi connectivity index (χ4n) is 1.15. The van der Waals surface area contributed by atoms with E-state index in [2.05, 4.69) is 9.72 Å². The minimum atomic E-state index is -4.85. The molecule has 0 aliphatic carbocycles. The summed E-state index contributed by atoms with van der Waals surface area (Å²) < 4.78 is 44.9. The Hall–Kier alpha value is -1.06. The smallest absolute Gasteiger partial charge is 0.462 e. The SMILES string of the molecule is CCOC(=O)c1cc(OC(F)(F)F)nc(I)c1C. The van der Waals surface area contributed by atoms with Crippen molar-refractivity contribution in [2.75, 3.05) is 6.61 Å². The van der Waals surface area contributed by atoms with Crippen molar-refractivity contribution in [2.24, 2.45) is 0 Å². The van der Waals surface area contributed by atoms with Crippen LogP contribution in [0, 0.1) is 10.6 Å². The van der Waals surface area contributed by atoms with Gasteiger partial charge in [0.1, 0.15) is 3.70 Å². The second-order valence-corrected chi connectivity index (χ2v) is 4.21. The van der Waals surface area contributed by atoms with E-state index in [1.807, 2.05) is 0 Å². The van der Waals surface area contributed by atoms with Crippen molar-refractivity contribution >= 4 is 28.6 Å². The molecule has 0 unspecified atom stereocenters. The molecule has 0 fully saturated rings. The molecule has 1 rings (SSSR count). The Kier molecular flexibility index (Phi) is 4.77. The quantitative estimate of drug-likeness (QED) is 0.463. The van der Waals surface area contributed by atoms with Crippen LogP contribution in [-0.2, 0) is 4.74 Å². The predicted molar refractivity (Wildman–Crippen MR) is 64.3 cm³/mol. The highest BCUT2D eigenvalue weighted by molar-refractivity contribution is 14.1. The molecule has 0 aliphatic heterocycles. The molecule has 0 N–H and O–H groups in total. The molecular weight excluding hydrogens is 366 g/mol. The van der Waals surface area contributed by atoms with E-state index in [-0.39, 0.29) is 15.9 Å². The molecule has 0 aromatic carbocycles. The number of pyridine rings is 1. The number of esters is 1. The Labute approximate surface area is 115 Å². The summed E-state index contributed by atoms with van der Waals surface area (Å²) in [4.78, 5) is 15.1. The standard InChI is InChI=1S/C10H9F3INO3/c1-3-17-9(16)6-4-7(18-10(11,12)13)15-8(14)5(6)2/h4H,3H2,1-2H3. The number of ether oxygens (including phenoxy) is 2. The molecule has 1 heterocycles. The topological polar surface area (TPSA) is 48.4 Å². The average Bonchev–Trinajstić information content (AvgIpc) is 2.21. The van der Waals surface area contributed by atoms with Crippen LogP contribution in [0.4, 0.5) is 13.2 Å². The molecular formula is C10H9F3INO3. The van der Waals surface area contributed by atoms with Crippen LogP contribution in [0.3, 0.4) is 0 Å². The van der Waals surface area contributed by atoms with Crippen molar-refractivity contribution in [3.8, 4) is 5.88 Å². The Morgan fingerprint density at radius 1 is 1.50 bits per heavy atom. The van der Waals surface area contributed by atoms with Crippen LogP contribution in [-0.4, -0.2) is 23.9 Å². The molecule has 0 atom stereocenters. The van der Waals surface area contributed by atoms with Crippen LogP contribution < -0.4 is 4.74 Å². The van der Waals surface area contributed by atoms with Crippen LogP contribution >= 0.6 is 22.6 Å². The minimum absolute atomic E-state index is 0.00972.